The van der Waals surface area contributed by atoms with Crippen molar-refractivity contribution in [2.75, 3.05) is 17.2 Å². The smallest absolute Gasteiger partial charge is 0.243 e. The monoisotopic (exact) mass is 299 g/mol. The molecule has 2 aromatic carbocycles. The van der Waals surface area contributed by atoms with Crippen molar-refractivity contribution in [3.63, 3.8) is 0 Å². The van der Waals surface area contributed by atoms with Gasteiger partial charge in [-0.1, -0.05) is 23.7 Å². The second kappa shape index (κ2) is 6.78. The summed E-state index contributed by atoms with van der Waals surface area (Å²) in [5, 5.41) is 15.2. The standard InChI is InChI=1S/C16H14ClN3O/c1-11-5-6-13(17)8-15(11)20-16(21)10-19-14-4-2-3-12(7-14)9-18/h2-8,19H,10H2,1H3,(H,20,21). The number of anilines is 2. The van der Waals surface area contributed by atoms with E-state index in [1.165, 1.54) is 0 Å². The van der Waals surface area contributed by atoms with Crippen molar-refractivity contribution in [3.05, 3.63) is 58.6 Å². The third kappa shape index (κ3) is 4.23. The number of aryl methyl sites for hydroxylation is 1. The average Bonchev–Trinajstić information content (AvgIpc) is 2.49. The predicted molar refractivity (Wildman–Crippen MR) is 84.5 cm³/mol. The highest BCUT2D eigenvalue weighted by Gasteiger charge is 2.05. The van der Waals surface area contributed by atoms with Gasteiger partial charge >= 0.3 is 0 Å². The molecule has 2 N–H and O–H groups in total. The topological polar surface area (TPSA) is 64.9 Å². The summed E-state index contributed by atoms with van der Waals surface area (Å²) in [5.74, 6) is -0.178. The number of carbonyl (C=O) groups excluding carboxylic acids is 1. The Labute approximate surface area is 128 Å². The number of amides is 1. The summed E-state index contributed by atoms with van der Waals surface area (Å²) in [7, 11) is 0. The molecule has 0 saturated heterocycles. The first-order valence-electron chi connectivity index (χ1n) is 6.38. The van der Waals surface area contributed by atoms with Crippen molar-refractivity contribution >= 4 is 28.9 Å². The molecule has 21 heavy (non-hydrogen) atoms. The van der Waals surface area contributed by atoms with E-state index in [9.17, 15) is 4.79 Å². The second-order valence-electron chi connectivity index (χ2n) is 4.55. The molecule has 0 unspecified atom stereocenters. The molecule has 0 atom stereocenters. The first kappa shape index (κ1) is 14.9. The lowest BCUT2D eigenvalue weighted by molar-refractivity contribution is -0.114. The third-order valence-corrected chi connectivity index (χ3v) is 3.15. The maximum absolute atomic E-state index is 11.9. The van der Waals surface area contributed by atoms with E-state index in [1.54, 1.807) is 36.4 Å². The van der Waals surface area contributed by atoms with Gasteiger partial charge < -0.3 is 10.6 Å². The molecule has 0 heterocycles. The zero-order valence-electron chi connectivity index (χ0n) is 11.5. The number of halogens is 1. The van der Waals surface area contributed by atoms with Crippen molar-refractivity contribution in [2.24, 2.45) is 0 Å². The van der Waals surface area contributed by atoms with Gasteiger partial charge in [-0.3, -0.25) is 4.79 Å². The Balaban J connectivity index is 1.96. The van der Waals surface area contributed by atoms with Crippen molar-refractivity contribution < 1.29 is 4.79 Å². The van der Waals surface area contributed by atoms with Crippen molar-refractivity contribution in [1.82, 2.24) is 0 Å². The third-order valence-electron chi connectivity index (χ3n) is 2.92. The minimum atomic E-state index is -0.178. The van der Waals surface area contributed by atoms with Crippen LogP contribution >= 0.6 is 11.6 Å². The first-order valence-corrected chi connectivity index (χ1v) is 6.76. The maximum atomic E-state index is 11.9. The van der Waals surface area contributed by atoms with Crippen molar-refractivity contribution in [1.29, 1.82) is 5.26 Å². The van der Waals surface area contributed by atoms with Gasteiger partial charge in [-0.05, 0) is 42.8 Å². The fraction of sp³-hybridized carbons (Fsp3) is 0.125. The van der Waals surface area contributed by atoms with Crippen LogP contribution in [0, 0.1) is 18.3 Å². The van der Waals surface area contributed by atoms with Gasteiger partial charge in [0.2, 0.25) is 5.91 Å². The predicted octanol–water partition coefficient (Wildman–Crippen LogP) is 3.57. The molecule has 0 aromatic heterocycles. The van der Waals surface area contributed by atoms with E-state index in [-0.39, 0.29) is 12.5 Å². The number of nitriles is 1. The Kier molecular flexibility index (Phi) is 4.81. The number of nitrogens with one attached hydrogen (secondary N) is 2. The molecule has 0 fully saturated rings. The summed E-state index contributed by atoms with van der Waals surface area (Å²) in [4.78, 5) is 11.9. The molecule has 0 aliphatic heterocycles. The van der Waals surface area contributed by atoms with Crippen molar-refractivity contribution in [2.45, 2.75) is 6.92 Å². The summed E-state index contributed by atoms with van der Waals surface area (Å²) in [6.45, 7) is 2.01. The average molecular weight is 300 g/mol. The van der Waals surface area contributed by atoms with E-state index in [0.29, 0.717) is 16.3 Å². The number of carbonyl (C=O) groups is 1. The highest BCUT2D eigenvalue weighted by Crippen LogP contribution is 2.20. The van der Waals surface area contributed by atoms with E-state index in [2.05, 4.69) is 16.7 Å². The van der Waals surface area contributed by atoms with E-state index < -0.39 is 0 Å². The van der Waals surface area contributed by atoms with E-state index in [4.69, 9.17) is 16.9 Å². The van der Waals surface area contributed by atoms with Crippen LogP contribution in [0.4, 0.5) is 11.4 Å². The van der Waals surface area contributed by atoms with Gasteiger partial charge in [0, 0.05) is 16.4 Å². The molecule has 0 saturated carbocycles. The number of benzene rings is 2. The molecule has 1 amide bonds. The Bertz CT molecular complexity index is 707. The molecule has 5 heteroatoms. The summed E-state index contributed by atoms with van der Waals surface area (Å²) in [6.07, 6.45) is 0. The van der Waals surface area contributed by atoms with Gasteiger partial charge in [-0.15, -0.1) is 0 Å². The molecule has 0 aliphatic carbocycles. The summed E-state index contributed by atoms with van der Waals surface area (Å²) >= 11 is 5.91. The highest BCUT2D eigenvalue weighted by atomic mass is 35.5. The largest absolute Gasteiger partial charge is 0.376 e. The van der Waals surface area contributed by atoms with Crippen LogP contribution in [0.5, 0.6) is 0 Å². The quantitative estimate of drug-likeness (QED) is 0.907. The summed E-state index contributed by atoms with van der Waals surface area (Å²) in [6, 6.07) is 14.4. The Morgan fingerprint density at radius 2 is 2.10 bits per heavy atom. The minimum Gasteiger partial charge on any atom is -0.376 e. The fourth-order valence-corrected chi connectivity index (χ4v) is 1.98. The van der Waals surface area contributed by atoms with Crippen LogP contribution in [0.2, 0.25) is 5.02 Å². The zero-order valence-corrected chi connectivity index (χ0v) is 12.2. The minimum absolute atomic E-state index is 0.112. The van der Waals surface area contributed by atoms with Crippen LogP contribution in [-0.4, -0.2) is 12.5 Å². The number of hydrogen-bond acceptors (Lipinski definition) is 3. The van der Waals surface area contributed by atoms with Crippen LogP contribution in [-0.2, 0) is 4.79 Å². The SMILES string of the molecule is Cc1ccc(Cl)cc1NC(=O)CNc1cccc(C#N)c1. The van der Waals surface area contributed by atoms with Gasteiger partial charge in [-0.2, -0.15) is 5.26 Å². The number of nitrogens with zero attached hydrogens (tertiary/aromatic N) is 1. The zero-order chi connectivity index (χ0) is 15.2. The lowest BCUT2D eigenvalue weighted by Crippen LogP contribution is -2.22. The molecule has 106 valence electrons. The first-order chi connectivity index (χ1) is 10.1. The molecule has 0 bridgehead atoms. The van der Waals surface area contributed by atoms with Gasteiger partial charge in [0.05, 0.1) is 18.2 Å². The number of rotatable bonds is 4. The van der Waals surface area contributed by atoms with E-state index in [1.807, 2.05) is 13.0 Å². The Morgan fingerprint density at radius 3 is 2.86 bits per heavy atom. The van der Waals surface area contributed by atoms with Crippen LogP contribution in [0.3, 0.4) is 0 Å². The molecular weight excluding hydrogens is 286 g/mol. The van der Waals surface area contributed by atoms with Gasteiger partial charge in [0.1, 0.15) is 0 Å². The van der Waals surface area contributed by atoms with Gasteiger partial charge in [-0.25, -0.2) is 0 Å². The van der Waals surface area contributed by atoms with Crippen LogP contribution in [0.15, 0.2) is 42.5 Å². The lowest BCUT2D eigenvalue weighted by Gasteiger charge is -2.10. The molecule has 2 rings (SSSR count). The molecule has 4 nitrogen and oxygen atoms in total. The van der Waals surface area contributed by atoms with Crippen molar-refractivity contribution in [3.8, 4) is 6.07 Å². The van der Waals surface area contributed by atoms with Crippen LogP contribution in [0.1, 0.15) is 11.1 Å². The highest BCUT2D eigenvalue weighted by molar-refractivity contribution is 6.31. The maximum Gasteiger partial charge on any atom is 0.243 e. The van der Waals surface area contributed by atoms with Gasteiger partial charge in [0.25, 0.3) is 0 Å². The van der Waals surface area contributed by atoms with Gasteiger partial charge in [0.15, 0.2) is 0 Å². The van der Waals surface area contributed by atoms with E-state index in [0.717, 1.165) is 11.3 Å². The fourth-order valence-electron chi connectivity index (χ4n) is 1.80. The lowest BCUT2D eigenvalue weighted by atomic mass is 10.2. The molecule has 0 spiro atoms. The Morgan fingerprint density at radius 1 is 1.29 bits per heavy atom. The number of hydrogen-bond donors (Lipinski definition) is 2. The Hall–Kier alpha value is -2.51. The summed E-state index contributed by atoms with van der Waals surface area (Å²) < 4.78 is 0. The molecular formula is C16H14ClN3O. The van der Waals surface area contributed by atoms with E-state index >= 15 is 0 Å². The second-order valence-corrected chi connectivity index (χ2v) is 4.99. The molecule has 0 aliphatic rings. The van der Waals surface area contributed by atoms with Crippen LogP contribution < -0.4 is 10.6 Å². The van der Waals surface area contributed by atoms with Crippen LogP contribution in [0.25, 0.3) is 0 Å². The molecule has 2 aromatic rings. The summed E-state index contributed by atoms with van der Waals surface area (Å²) in [5.41, 5.74) is 2.91. The normalized spacial score (nSPS) is 9.76. The molecule has 0 radical (unpaired) electrons.